The Balaban J connectivity index is 1.36. The lowest BCUT2D eigenvalue weighted by atomic mass is 9.81. The summed E-state index contributed by atoms with van der Waals surface area (Å²) >= 11 is 0. The Morgan fingerprint density at radius 1 is 0.938 bits per heavy atom. The zero-order chi connectivity index (χ0) is 22.6. The van der Waals surface area contributed by atoms with Gasteiger partial charge in [-0.05, 0) is 68.7 Å². The van der Waals surface area contributed by atoms with Crippen LogP contribution in [0.1, 0.15) is 51.1 Å². The summed E-state index contributed by atoms with van der Waals surface area (Å²) < 4.78 is 5.32. The molecule has 0 unspecified atom stereocenters. The Bertz CT molecular complexity index is 1120. The Kier molecular flexibility index (Phi) is 4.96. The van der Waals surface area contributed by atoms with Crippen molar-refractivity contribution in [1.82, 2.24) is 0 Å². The molecular formula is C26H25NO5. The highest BCUT2D eigenvalue weighted by Crippen LogP contribution is 2.56. The van der Waals surface area contributed by atoms with Gasteiger partial charge in [0.2, 0.25) is 17.6 Å². The SMILES string of the molecule is Cc1ccc(C)c(C(=O)COC(=O)c2ccccc2N2C(=O)[C@@H]3[C@@H]4CC[C@@H](C4)[C@@H]3C2=O)c1. The Hall–Kier alpha value is -3.28. The van der Waals surface area contributed by atoms with Gasteiger partial charge in [-0.3, -0.25) is 14.4 Å². The van der Waals surface area contributed by atoms with E-state index < -0.39 is 12.6 Å². The molecule has 6 nitrogen and oxygen atoms in total. The zero-order valence-corrected chi connectivity index (χ0v) is 18.2. The van der Waals surface area contributed by atoms with Crippen LogP contribution >= 0.6 is 0 Å². The van der Waals surface area contributed by atoms with E-state index in [4.69, 9.17) is 4.74 Å². The molecule has 0 N–H and O–H groups in total. The first kappa shape index (κ1) is 20.6. The van der Waals surface area contributed by atoms with Crippen molar-refractivity contribution < 1.29 is 23.9 Å². The number of fused-ring (bicyclic) bond motifs is 5. The van der Waals surface area contributed by atoms with Crippen molar-refractivity contribution in [1.29, 1.82) is 0 Å². The minimum atomic E-state index is -0.722. The molecule has 0 spiro atoms. The molecule has 32 heavy (non-hydrogen) atoms. The summed E-state index contributed by atoms with van der Waals surface area (Å²) in [6.45, 7) is 3.32. The zero-order valence-electron chi connectivity index (χ0n) is 18.2. The van der Waals surface area contributed by atoms with Gasteiger partial charge in [0.25, 0.3) is 0 Å². The average Bonchev–Trinajstić information content (AvgIpc) is 3.47. The highest BCUT2D eigenvalue weighted by Gasteiger charge is 2.61. The molecule has 1 saturated heterocycles. The van der Waals surface area contributed by atoms with Crippen LogP contribution in [0.2, 0.25) is 0 Å². The van der Waals surface area contributed by atoms with Crippen molar-refractivity contribution in [2.75, 3.05) is 11.5 Å². The molecule has 2 amide bonds. The van der Waals surface area contributed by atoms with Crippen LogP contribution in [0.4, 0.5) is 5.69 Å². The molecule has 1 aliphatic heterocycles. The summed E-state index contributed by atoms with van der Waals surface area (Å²) in [6, 6.07) is 12.0. The minimum absolute atomic E-state index is 0.121. The number of aryl methyl sites for hydroxylation is 2. The maximum Gasteiger partial charge on any atom is 0.340 e. The fraction of sp³-hybridized carbons (Fsp3) is 0.385. The second-order valence-electron chi connectivity index (χ2n) is 9.23. The third-order valence-electron chi connectivity index (χ3n) is 7.32. The number of hydrogen-bond acceptors (Lipinski definition) is 5. The van der Waals surface area contributed by atoms with Crippen molar-refractivity contribution in [3.05, 3.63) is 64.7 Å². The number of benzene rings is 2. The van der Waals surface area contributed by atoms with Crippen molar-refractivity contribution in [2.45, 2.75) is 33.1 Å². The molecule has 0 aromatic heterocycles. The summed E-state index contributed by atoms with van der Waals surface area (Å²) in [5.74, 6) is -1.44. The molecule has 0 radical (unpaired) electrons. The number of carbonyl (C=O) groups excluding carboxylic acids is 4. The molecule has 2 aromatic carbocycles. The van der Waals surface area contributed by atoms with Gasteiger partial charge in [-0.1, -0.05) is 29.8 Å². The number of ketones is 1. The number of hydrogen-bond donors (Lipinski definition) is 0. The molecule has 4 atom stereocenters. The van der Waals surface area contributed by atoms with Crippen LogP contribution in [0.5, 0.6) is 0 Å². The number of amides is 2. The van der Waals surface area contributed by atoms with Crippen molar-refractivity contribution in [2.24, 2.45) is 23.7 Å². The average molecular weight is 431 g/mol. The second-order valence-corrected chi connectivity index (χ2v) is 9.23. The first-order valence-electron chi connectivity index (χ1n) is 11.1. The minimum Gasteiger partial charge on any atom is -0.454 e. The van der Waals surface area contributed by atoms with Gasteiger partial charge in [-0.2, -0.15) is 0 Å². The molecule has 5 rings (SSSR count). The quantitative estimate of drug-likeness (QED) is 0.408. The van der Waals surface area contributed by atoms with E-state index in [1.54, 1.807) is 24.3 Å². The van der Waals surface area contributed by atoms with E-state index >= 15 is 0 Å². The van der Waals surface area contributed by atoms with E-state index in [2.05, 4.69) is 0 Å². The van der Waals surface area contributed by atoms with E-state index in [1.165, 1.54) is 11.0 Å². The maximum absolute atomic E-state index is 13.2. The molecule has 6 heteroatoms. The maximum atomic E-state index is 13.2. The highest BCUT2D eigenvalue weighted by molar-refractivity contribution is 6.24. The van der Waals surface area contributed by atoms with Crippen LogP contribution in [0, 0.1) is 37.5 Å². The Morgan fingerprint density at radius 3 is 2.28 bits per heavy atom. The van der Waals surface area contributed by atoms with Crippen LogP contribution in [-0.2, 0) is 14.3 Å². The van der Waals surface area contributed by atoms with Gasteiger partial charge >= 0.3 is 5.97 Å². The van der Waals surface area contributed by atoms with Crippen molar-refractivity contribution in [3.8, 4) is 0 Å². The number of ether oxygens (including phenoxy) is 1. The van der Waals surface area contributed by atoms with E-state index in [1.807, 2.05) is 26.0 Å². The first-order chi connectivity index (χ1) is 15.4. The standard InChI is InChI=1S/C26H25NO5/c1-14-7-8-15(2)19(11-14)21(28)13-32-26(31)18-5-3-4-6-20(18)27-24(29)22-16-9-10-17(12-16)23(22)25(27)30/h3-8,11,16-17,22-23H,9-10,12-13H2,1-2H3/t16-,17+,22-,23+. The lowest BCUT2D eigenvalue weighted by Gasteiger charge is -2.20. The van der Waals surface area contributed by atoms with Crippen LogP contribution < -0.4 is 4.90 Å². The predicted molar refractivity (Wildman–Crippen MR) is 117 cm³/mol. The van der Waals surface area contributed by atoms with Crippen LogP contribution in [0.3, 0.4) is 0 Å². The first-order valence-corrected chi connectivity index (χ1v) is 11.1. The number of esters is 1. The summed E-state index contributed by atoms with van der Waals surface area (Å²) in [4.78, 5) is 53.0. The third-order valence-corrected chi connectivity index (χ3v) is 7.32. The largest absolute Gasteiger partial charge is 0.454 e. The van der Waals surface area contributed by atoms with E-state index in [0.29, 0.717) is 5.56 Å². The van der Waals surface area contributed by atoms with Gasteiger partial charge in [0, 0.05) is 5.56 Å². The third kappa shape index (κ3) is 3.17. The van der Waals surface area contributed by atoms with E-state index in [-0.39, 0.29) is 52.5 Å². The van der Waals surface area contributed by atoms with Crippen molar-refractivity contribution in [3.63, 3.8) is 0 Å². The number of nitrogens with zero attached hydrogens (tertiary/aromatic N) is 1. The number of Topliss-reactive ketones (excluding diaryl/α,β-unsaturated/α-hetero) is 1. The predicted octanol–water partition coefficient (Wildman–Crippen LogP) is 3.88. The Morgan fingerprint density at radius 2 is 1.59 bits per heavy atom. The molecule has 2 aromatic rings. The number of rotatable bonds is 5. The molecule has 1 heterocycles. The fourth-order valence-electron chi connectivity index (χ4n) is 5.81. The van der Waals surface area contributed by atoms with Gasteiger partial charge < -0.3 is 4.74 Å². The molecule has 3 aliphatic rings. The molecule has 2 saturated carbocycles. The van der Waals surface area contributed by atoms with Gasteiger partial charge in [-0.15, -0.1) is 0 Å². The van der Waals surface area contributed by atoms with Gasteiger partial charge in [0.15, 0.2) is 6.61 Å². The summed E-state index contributed by atoms with van der Waals surface area (Å²) in [7, 11) is 0. The van der Waals surface area contributed by atoms with Gasteiger partial charge in [0.1, 0.15) is 0 Å². The number of para-hydroxylation sites is 1. The lowest BCUT2D eigenvalue weighted by molar-refractivity contribution is -0.123. The lowest BCUT2D eigenvalue weighted by Crippen LogP contribution is -2.34. The van der Waals surface area contributed by atoms with Crippen molar-refractivity contribution >= 4 is 29.3 Å². The molecule has 164 valence electrons. The summed E-state index contributed by atoms with van der Waals surface area (Å²) in [6.07, 6.45) is 2.93. The molecule has 2 bridgehead atoms. The number of anilines is 1. The topological polar surface area (TPSA) is 80.8 Å². The summed E-state index contributed by atoms with van der Waals surface area (Å²) in [5, 5.41) is 0. The molecule has 3 fully saturated rings. The Labute approximate surface area is 186 Å². The van der Waals surface area contributed by atoms with E-state index in [0.717, 1.165) is 30.4 Å². The van der Waals surface area contributed by atoms with Crippen LogP contribution in [-0.4, -0.2) is 30.2 Å². The molecular weight excluding hydrogens is 406 g/mol. The second kappa shape index (κ2) is 7.69. The van der Waals surface area contributed by atoms with Gasteiger partial charge in [0.05, 0.1) is 23.1 Å². The number of imide groups is 1. The van der Waals surface area contributed by atoms with Crippen LogP contribution in [0.15, 0.2) is 42.5 Å². The smallest absolute Gasteiger partial charge is 0.340 e. The van der Waals surface area contributed by atoms with Crippen LogP contribution in [0.25, 0.3) is 0 Å². The van der Waals surface area contributed by atoms with E-state index in [9.17, 15) is 19.2 Å². The summed E-state index contributed by atoms with van der Waals surface area (Å²) in [5.41, 5.74) is 2.64. The highest BCUT2D eigenvalue weighted by atomic mass is 16.5. The normalized spacial score (nSPS) is 25.9. The number of carbonyl (C=O) groups is 4. The fourth-order valence-corrected chi connectivity index (χ4v) is 5.81. The molecule has 2 aliphatic carbocycles. The monoisotopic (exact) mass is 431 g/mol. The van der Waals surface area contributed by atoms with Gasteiger partial charge in [-0.25, -0.2) is 9.69 Å².